The molecule has 0 saturated carbocycles. The number of nitrogen functional groups attached to an aromatic ring is 1. The molecule has 0 radical (unpaired) electrons. The summed E-state index contributed by atoms with van der Waals surface area (Å²) in [5.74, 6) is 1.15. The lowest BCUT2D eigenvalue weighted by Gasteiger charge is -1.97. The third-order valence-electron chi connectivity index (χ3n) is 2.94. The molecular formula is C14H12BrN3OS. The molecule has 4 nitrogen and oxygen atoms in total. The van der Waals surface area contributed by atoms with Crippen LogP contribution in [0.25, 0.3) is 10.8 Å². The summed E-state index contributed by atoms with van der Waals surface area (Å²) in [6.07, 6.45) is 0.632. The monoisotopic (exact) mass is 349 g/mol. The van der Waals surface area contributed by atoms with Crippen LogP contribution in [0.5, 0.6) is 0 Å². The molecule has 0 saturated heterocycles. The van der Waals surface area contributed by atoms with E-state index < -0.39 is 0 Å². The van der Waals surface area contributed by atoms with Crippen LogP contribution >= 0.6 is 27.3 Å². The maximum absolute atomic E-state index is 5.99. The first-order valence-electron chi connectivity index (χ1n) is 6.04. The number of nitrogens with two attached hydrogens (primary N) is 1. The highest BCUT2D eigenvalue weighted by Crippen LogP contribution is 2.33. The topological polar surface area (TPSA) is 64.9 Å². The van der Waals surface area contributed by atoms with Crippen LogP contribution in [0.2, 0.25) is 0 Å². The molecule has 0 spiro atoms. The molecule has 0 amide bonds. The van der Waals surface area contributed by atoms with E-state index in [9.17, 15) is 0 Å². The van der Waals surface area contributed by atoms with Crippen molar-refractivity contribution in [2.24, 2.45) is 0 Å². The van der Waals surface area contributed by atoms with E-state index in [1.807, 2.05) is 36.6 Å². The lowest BCUT2D eigenvalue weighted by Crippen LogP contribution is -1.91. The number of halogens is 1. The summed E-state index contributed by atoms with van der Waals surface area (Å²) in [4.78, 5) is 5.26. The zero-order valence-corrected chi connectivity index (χ0v) is 13.2. The largest absolute Gasteiger partial charge is 0.397 e. The van der Waals surface area contributed by atoms with Gasteiger partial charge in [-0.25, -0.2) is 0 Å². The van der Waals surface area contributed by atoms with Crippen molar-refractivity contribution in [3.05, 3.63) is 51.1 Å². The highest BCUT2D eigenvalue weighted by atomic mass is 79.9. The van der Waals surface area contributed by atoms with Gasteiger partial charge >= 0.3 is 0 Å². The number of aromatic nitrogens is 2. The van der Waals surface area contributed by atoms with Gasteiger partial charge in [0, 0.05) is 10.9 Å². The number of hydrogen-bond acceptors (Lipinski definition) is 5. The average molecular weight is 350 g/mol. The second kappa shape index (κ2) is 5.38. The van der Waals surface area contributed by atoms with Crippen molar-refractivity contribution < 1.29 is 4.52 Å². The Kier molecular flexibility index (Phi) is 3.58. The first-order chi connectivity index (χ1) is 9.63. The van der Waals surface area contributed by atoms with Gasteiger partial charge < -0.3 is 10.3 Å². The fraction of sp³-hybridized carbons (Fsp3) is 0.143. The van der Waals surface area contributed by atoms with Crippen molar-refractivity contribution >= 4 is 33.0 Å². The van der Waals surface area contributed by atoms with Crippen molar-refractivity contribution in [1.29, 1.82) is 0 Å². The molecule has 0 aliphatic heterocycles. The summed E-state index contributed by atoms with van der Waals surface area (Å²) in [6, 6.07) is 8.05. The van der Waals surface area contributed by atoms with Gasteiger partial charge in [-0.2, -0.15) is 4.98 Å². The summed E-state index contributed by atoms with van der Waals surface area (Å²) in [5.41, 5.74) is 8.87. The van der Waals surface area contributed by atoms with Crippen LogP contribution in [0.4, 0.5) is 5.69 Å². The van der Waals surface area contributed by atoms with Crippen LogP contribution in [-0.4, -0.2) is 10.1 Å². The molecule has 102 valence electrons. The number of anilines is 1. The molecule has 0 unspecified atom stereocenters. The number of nitrogens with zero attached hydrogens (tertiary/aromatic N) is 2. The Balaban J connectivity index is 1.85. The number of rotatable bonds is 3. The number of benzene rings is 1. The van der Waals surface area contributed by atoms with Gasteiger partial charge in [-0.3, -0.25) is 0 Å². The summed E-state index contributed by atoms with van der Waals surface area (Å²) in [6.45, 7) is 1.97. The fourth-order valence-electron chi connectivity index (χ4n) is 1.87. The predicted molar refractivity (Wildman–Crippen MR) is 83.7 cm³/mol. The highest BCUT2D eigenvalue weighted by Gasteiger charge is 2.15. The number of aryl methyl sites for hydroxylation is 1. The van der Waals surface area contributed by atoms with E-state index in [4.69, 9.17) is 10.3 Å². The molecule has 0 atom stereocenters. The minimum Gasteiger partial charge on any atom is -0.397 e. The van der Waals surface area contributed by atoms with Gasteiger partial charge in [-0.1, -0.05) is 33.2 Å². The SMILES string of the molecule is Cc1csc(-c2nc(Cc3cccc(Br)c3)no2)c1N. The maximum Gasteiger partial charge on any atom is 0.270 e. The molecule has 0 aliphatic carbocycles. The minimum atomic E-state index is 0.491. The molecule has 20 heavy (non-hydrogen) atoms. The van der Waals surface area contributed by atoms with Crippen LogP contribution in [0, 0.1) is 6.92 Å². The Morgan fingerprint density at radius 1 is 1.40 bits per heavy atom. The minimum absolute atomic E-state index is 0.491. The van der Waals surface area contributed by atoms with Crippen LogP contribution < -0.4 is 5.73 Å². The van der Waals surface area contributed by atoms with Gasteiger partial charge in [0.2, 0.25) is 0 Å². The molecule has 2 N–H and O–H groups in total. The zero-order valence-electron chi connectivity index (χ0n) is 10.8. The molecule has 0 bridgehead atoms. The Hall–Kier alpha value is -1.66. The smallest absolute Gasteiger partial charge is 0.270 e. The van der Waals surface area contributed by atoms with Crippen molar-refractivity contribution in [3.63, 3.8) is 0 Å². The van der Waals surface area contributed by atoms with Gasteiger partial charge in [-0.15, -0.1) is 11.3 Å². The summed E-state index contributed by atoms with van der Waals surface area (Å²) < 4.78 is 6.34. The molecule has 0 fully saturated rings. The Morgan fingerprint density at radius 2 is 2.25 bits per heavy atom. The Morgan fingerprint density at radius 3 is 2.95 bits per heavy atom. The third-order valence-corrected chi connectivity index (χ3v) is 4.53. The van der Waals surface area contributed by atoms with Gasteiger partial charge in [-0.05, 0) is 35.6 Å². The lowest BCUT2D eigenvalue weighted by atomic mass is 10.1. The molecule has 2 heterocycles. The molecule has 1 aromatic carbocycles. The third kappa shape index (κ3) is 2.62. The van der Waals surface area contributed by atoms with Gasteiger partial charge in [0.05, 0.1) is 5.69 Å². The van der Waals surface area contributed by atoms with Crippen molar-refractivity contribution in [2.45, 2.75) is 13.3 Å². The first kappa shape index (κ1) is 13.3. The second-order valence-corrected chi connectivity index (χ2v) is 6.28. The fourth-order valence-corrected chi connectivity index (χ4v) is 3.21. The summed E-state index contributed by atoms with van der Waals surface area (Å²) in [5, 5.41) is 6.01. The maximum atomic E-state index is 5.99. The van der Waals surface area contributed by atoms with Crippen molar-refractivity contribution in [1.82, 2.24) is 10.1 Å². The molecule has 6 heteroatoms. The van der Waals surface area contributed by atoms with E-state index in [1.165, 1.54) is 11.3 Å². The van der Waals surface area contributed by atoms with Crippen LogP contribution in [0.15, 0.2) is 38.6 Å². The number of hydrogen-bond donors (Lipinski definition) is 1. The number of thiophene rings is 1. The normalized spacial score (nSPS) is 10.9. The quantitative estimate of drug-likeness (QED) is 0.774. The van der Waals surface area contributed by atoms with E-state index in [1.54, 1.807) is 0 Å². The Bertz CT molecular complexity index is 750. The van der Waals surface area contributed by atoms with Gasteiger partial charge in [0.15, 0.2) is 5.82 Å². The molecule has 0 aliphatic rings. The first-order valence-corrected chi connectivity index (χ1v) is 7.71. The summed E-state index contributed by atoms with van der Waals surface area (Å²) in [7, 11) is 0. The van der Waals surface area contributed by atoms with Crippen molar-refractivity contribution in [3.8, 4) is 10.8 Å². The van der Waals surface area contributed by atoms with E-state index in [2.05, 4.69) is 26.1 Å². The van der Waals surface area contributed by atoms with Crippen LogP contribution in [0.1, 0.15) is 17.0 Å². The zero-order chi connectivity index (χ0) is 14.1. The van der Waals surface area contributed by atoms with E-state index in [0.29, 0.717) is 23.8 Å². The van der Waals surface area contributed by atoms with Crippen LogP contribution in [-0.2, 0) is 6.42 Å². The van der Waals surface area contributed by atoms with E-state index in [0.717, 1.165) is 20.5 Å². The van der Waals surface area contributed by atoms with E-state index >= 15 is 0 Å². The average Bonchev–Trinajstić information content (AvgIpc) is 2.98. The predicted octanol–water partition coefficient (Wildman–Crippen LogP) is 4.04. The van der Waals surface area contributed by atoms with Crippen molar-refractivity contribution in [2.75, 3.05) is 5.73 Å². The molecule has 3 aromatic rings. The summed E-state index contributed by atoms with van der Waals surface area (Å²) >= 11 is 4.97. The second-order valence-electron chi connectivity index (χ2n) is 4.48. The molecule has 2 aromatic heterocycles. The van der Waals surface area contributed by atoms with Gasteiger partial charge in [0.1, 0.15) is 4.88 Å². The lowest BCUT2D eigenvalue weighted by molar-refractivity contribution is 0.425. The van der Waals surface area contributed by atoms with E-state index in [-0.39, 0.29) is 0 Å². The molecular weight excluding hydrogens is 338 g/mol. The van der Waals surface area contributed by atoms with Crippen LogP contribution in [0.3, 0.4) is 0 Å². The standard InChI is InChI=1S/C14H12BrN3OS/c1-8-7-20-13(12(8)16)14-17-11(18-19-14)6-9-3-2-4-10(15)5-9/h2-5,7H,6,16H2,1H3. The highest BCUT2D eigenvalue weighted by molar-refractivity contribution is 9.10. The van der Waals surface area contributed by atoms with Gasteiger partial charge in [0.25, 0.3) is 5.89 Å². The Labute approximate surface area is 128 Å². The molecule has 3 rings (SSSR count).